The van der Waals surface area contributed by atoms with E-state index in [1.165, 1.54) is 12.1 Å². The first-order chi connectivity index (χ1) is 12.4. The van der Waals surface area contributed by atoms with Gasteiger partial charge in [-0.2, -0.15) is 0 Å². The van der Waals surface area contributed by atoms with Crippen LogP contribution in [-0.4, -0.2) is 30.0 Å². The highest BCUT2D eigenvalue weighted by Gasteiger charge is 2.17. The Balaban J connectivity index is 1.85. The minimum absolute atomic E-state index is 0.101. The molecule has 0 aliphatic carbocycles. The van der Waals surface area contributed by atoms with Gasteiger partial charge in [-0.3, -0.25) is 14.9 Å². The number of nitro benzene ring substituents is 1. The number of rotatable bonds is 7. The average molecular weight is 399 g/mol. The van der Waals surface area contributed by atoms with E-state index in [1.54, 1.807) is 24.3 Å². The summed E-state index contributed by atoms with van der Waals surface area (Å²) in [6, 6.07) is 10.2. The number of halogens is 2. The molecule has 0 aliphatic rings. The second-order valence-electron chi connectivity index (χ2n) is 4.85. The zero-order valence-corrected chi connectivity index (χ0v) is 14.6. The van der Waals surface area contributed by atoms with Crippen molar-refractivity contribution in [3.63, 3.8) is 0 Å². The van der Waals surface area contributed by atoms with Crippen molar-refractivity contribution in [1.29, 1.82) is 0 Å². The van der Waals surface area contributed by atoms with E-state index in [0.29, 0.717) is 10.8 Å². The third kappa shape index (κ3) is 5.61. The first kappa shape index (κ1) is 19.5. The summed E-state index contributed by atoms with van der Waals surface area (Å²) >= 11 is 11.6. The van der Waals surface area contributed by atoms with Gasteiger partial charge in [0.1, 0.15) is 11.4 Å². The molecule has 0 unspecified atom stereocenters. The molecule has 10 heteroatoms. The number of para-hydroxylation sites is 1. The fourth-order valence-electron chi connectivity index (χ4n) is 1.84. The fourth-order valence-corrected chi connectivity index (χ4v) is 2.20. The predicted octanol–water partition coefficient (Wildman–Crippen LogP) is 3.46. The maximum Gasteiger partial charge on any atom is 0.344 e. The van der Waals surface area contributed by atoms with Crippen LogP contribution in [0, 0.1) is 10.1 Å². The Bertz CT molecular complexity index is 843. The topological polar surface area (TPSA) is 108 Å². The molecule has 2 aromatic carbocycles. The van der Waals surface area contributed by atoms with Gasteiger partial charge in [0.25, 0.3) is 11.6 Å². The van der Waals surface area contributed by atoms with E-state index in [-0.39, 0.29) is 16.4 Å². The number of ether oxygens (including phenoxy) is 2. The lowest BCUT2D eigenvalue weighted by Crippen LogP contribution is -2.24. The Kier molecular flexibility index (Phi) is 6.76. The maximum absolute atomic E-state index is 11.8. The summed E-state index contributed by atoms with van der Waals surface area (Å²) in [5, 5.41) is 13.7. The van der Waals surface area contributed by atoms with Gasteiger partial charge in [0.15, 0.2) is 13.2 Å². The molecular weight excluding hydrogens is 387 g/mol. The number of nitrogens with zero attached hydrogens (tertiary/aromatic N) is 1. The Morgan fingerprint density at radius 3 is 2.54 bits per heavy atom. The van der Waals surface area contributed by atoms with Crippen LogP contribution in [0.3, 0.4) is 0 Å². The Morgan fingerprint density at radius 2 is 1.85 bits per heavy atom. The average Bonchev–Trinajstić information content (AvgIpc) is 2.59. The van der Waals surface area contributed by atoms with Crippen LogP contribution in [-0.2, 0) is 14.3 Å². The predicted molar refractivity (Wildman–Crippen MR) is 94.6 cm³/mol. The molecule has 2 aromatic rings. The van der Waals surface area contributed by atoms with Gasteiger partial charge in [-0.05, 0) is 24.3 Å². The summed E-state index contributed by atoms with van der Waals surface area (Å²) < 4.78 is 9.92. The Morgan fingerprint density at radius 1 is 1.12 bits per heavy atom. The molecule has 8 nitrogen and oxygen atoms in total. The summed E-state index contributed by atoms with van der Waals surface area (Å²) in [6.07, 6.45) is 0. The largest absolute Gasteiger partial charge is 0.480 e. The quantitative estimate of drug-likeness (QED) is 0.434. The van der Waals surface area contributed by atoms with Crippen molar-refractivity contribution in [2.24, 2.45) is 0 Å². The molecule has 1 N–H and O–H groups in total. The number of hydrogen-bond donors (Lipinski definition) is 1. The van der Waals surface area contributed by atoms with Crippen LogP contribution in [0.5, 0.6) is 5.75 Å². The molecule has 0 heterocycles. The van der Waals surface area contributed by atoms with Gasteiger partial charge in [0.05, 0.1) is 9.95 Å². The summed E-state index contributed by atoms with van der Waals surface area (Å²) in [7, 11) is 0. The number of carbonyl (C=O) groups excluding carboxylic acids is 2. The van der Waals surface area contributed by atoms with Crippen molar-refractivity contribution < 1.29 is 24.0 Å². The van der Waals surface area contributed by atoms with E-state index in [9.17, 15) is 19.7 Å². The number of benzene rings is 2. The molecule has 0 aliphatic heterocycles. The first-order valence-electron chi connectivity index (χ1n) is 7.13. The zero-order chi connectivity index (χ0) is 19.1. The first-order valence-corrected chi connectivity index (χ1v) is 7.89. The van der Waals surface area contributed by atoms with Crippen molar-refractivity contribution in [3.05, 3.63) is 62.6 Å². The molecule has 0 saturated carbocycles. The van der Waals surface area contributed by atoms with Crippen LogP contribution in [0.15, 0.2) is 42.5 Å². The van der Waals surface area contributed by atoms with Gasteiger partial charge in [-0.25, -0.2) is 4.79 Å². The van der Waals surface area contributed by atoms with Crippen LogP contribution < -0.4 is 10.1 Å². The number of carbonyl (C=O) groups is 2. The van der Waals surface area contributed by atoms with Gasteiger partial charge in [-0.15, -0.1) is 0 Å². The molecule has 1 amide bonds. The lowest BCUT2D eigenvalue weighted by atomic mass is 10.2. The number of nitro groups is 1. The Hall–Kier alpha value is -2.84. The van der Waals surface area contributed by atoms with E-state index in [0.717, 1.165) is 6.07 Å². The van der Waals surface area contributed by atoms with Gasteiger partial charge in [0.2, 0.25) is 0 Å². The summed E-state index contributed by atoms with van der Waals surface area (Å²) in [4.78, 5) is 33.7. The molecule has 2 rings (SSSR count). The summed E-state index contributed by atoms with van der Waals surface area (Å²) in [5.41, 5.74) is -0.438. The van der Waals surface area contributed by atoms with Crippen LogP contribution in [0.1, 0.15) is 0 Å². The fraction of sp³-hybridized carbons (Fsp3) is 0.125. The SMILES string of the molecule is O=C(COC(=O)COc1ccccc1Cl)Nc1cc(Cl)ccc1[N+](=O)[O-]. The smallest absolute Gasteiger partial charge is 0.344 e. The molecule has 0 bridgehead atoms. The molecule has 0 fully saturated rings. The molecule has 0 saturated heterocycles. The second-order valence-corrected chi connectivity index (χ2v) is 5.69. The molecular formula is C16H12Cl2N2O6. The van der Waals surface area contributed by atoms with Gasteiger partial charge in [0, 0.05) is 11.1 Å². The van der Waals surface area contributed by atoms with Crippen LogP contribution in [0.2, 0.25) is 10.0 Å². The number of amides is 1. The maximum atomic E-state index is 11.8. The highest BCUT2D eigenvalue weighted by atomic mass is 35.5. The van der Waals surface area contributed by atoms with Crippen molar-refractivity contribution in [2.75, 3.05) is 18.5 Å². The van der Waals surface area contributed by atoms with E-state index >= 15 is 0 Å². The normalized spacial score (nSPS) is 10.1. The molecule has 0 radical (unpaired) electrons. The highest BCUT2D eigenvalue weighted by Crippen LogP contribution is 2.27. The van der Waals surface area contributed by atoms with Crippen molar-refractivity contribution in [2.45, 2.75) is 0 Å². The van der Waals surface area contributed by atoms with Crippen molar-refractivity contribution in [3.8, 4) is 5.75 Å². The lowest BCUT2D eigenvalue weighted by Gasteiger charge is -2.09. The van der Waals surface area contributed by atoms with Gasteiger partial charge >= 0.3 is 5.97 Å². The number of nitrogens with one attached hydrogen (secondary N) is 1. The third-order valence-electron chi connectivity index (χ3n) is 2.98. The minimum atomic E-state index is -0.805. The standard InChI is InChI=1S/C16H12Cl2N2O6/c17-10-5-6-13(20(23)24)12(7-10)19-15(21)8-26-16(22)9-25-14-4-2-1-3-11(14)18/h1-7H,8-9H2,(H,19,21). The molecule has 136 valence electrons. The molecule has 0 spiro atoms. The Labute approximate surface area is 157 Å². The van der Waals surface area contributed by atoms with Crippen LogP contribution in [0.4, 0.5) is 11.4 Å². The monoisotopic (exact) mass is 398 g/mol. The van der Waals surface area contributed by atoms with Gasteiger partial charge in [-0.1, -0.05) is 35.3 Å². The highest BCUT2D eigenvalue weighted by molar-refractivity contribution is 6.32. The van der Waals surface area contributed by atoms with E-state index in [1.807, 2.05) is 0 Å². The summed E-state index contributed by atoms with van der Waals surface area (Å²) in [6.45, 7) is -1.09. The number of anilines is 1. The third-order valence-corrected chi connectivity index (χ3v) is 3.52. The van der Waals surface area contributed by atoms with E-state index in [2.05, 4.69) is 5.32 Å². The molecule has 0 atom stereocenters. The number of hydrogen-bond acceptors (Lipinski definition) is 6. The molecule has 0 aromatic heterocycles. The second kappa shape index (κ2) is 9.02. The van der Waals surface area contributed by atoms with Crippen molar-refractivity contribution in [1.82, 2.24) is 0 Å². The summed E-state index contributed by atoms with van der Waals surface area (Å²) in [5.74, 6) is -1.27. The number of esters is 1. The van der Waals surface area contributed by atoms with E-state index in [4.69, 9.17) is 32.7 Å². The van der Waals surface area contributed by atoms with Crippen LogP contribution >= 0.6 is 23.2 Å². The minimum Gasteiger partial charge on any atom is -0.480 e. The van der Waals surface area contributed by atoms with Crippen molar-refractivity contribution >= 4 is 46.5 Å². The zero-order valence-electron chi connectivity index (χ0n) is 13.1. The van der Waals surface area contributed by atoms with Crippen LogP contribution in [0.25, 0.3) is 0 Å². The van der Waals surface area contributed by atoms with Gasteiger partial charge < -0.3 is 14.8 Å². The lowest BCUT2D eigenvalue weighted by molar-refractivity contribution is -0.383. The van der Waals surface area contributed by atoms with E-state index < -0.39 is 30.0 Å². The molecule has 26 heavy (non-hydrogen) atoms.